The second-order valence-corrected chi connectivity index (χ2v) is 13.5. The maximum Gasteiger partial charge on any atom is 0.416 e. The first-order valence-corrected chi connectivity index (χ1v) is 16.2. The molecule has 11 heteroatoms. The van der Waals surface area contributed by atoms with Gasteiger partial charge in [0.1, 0.15) is 0 Å². The van der Waals surface area contributed by atoms with Gasteiger partial charge in [0.05, 0.1) is 16.5 Å². The van der Waals surface area contributed by atoms with Crippen LogP contribution in [0.25, 0.3) is 5.57 Å². The van der Waals surface area contributed by atoms with E-state index >= 15 is 0 Å². The highest BCUT2D eigenvalue weighted by Crippen LogP contribution is 2.34. The highest BCUT2D eigenvalue weighted by Gasteiger charge is 2.37. The van der Waals surface area contributed by atoms with Crippen LogP contribution in [0.5, 0.6) is 0 Å². The molecule has 2 aromatic carbocycles. The number of carbonyl (C=O) groups is 1. The molecule has 0 radical (unpaired) electrons. The van der Waals surface area contributed by atoms with Crippen LogP contribution < -0.4 is 10.6 Å². The van der Waals surface area contributed by atoms with E-state index in [4.69, 9.17) is 0 Å². The van der Waals surface area contributed by atoms with Crippen molar-refractivity contribution in [2.24, 2.45) is 0 Å². The van der Waals surface area contributed by atoms with Gasteiger partial charge in [-0.3, -0.25) is 9.69 Å². The SMILES string of the molecule is C=C(CN1CCCCC1)c1ccc2c(c1)CCC[C@H]2NC(=O)CC1CNCCN1S(=O)(=O)c1cccc(C(F)(F)F)c1. The van der Waals surface area contributed by atoms with E-state index in [2.05, 4.69) is 40.3 Å². The van der Waals surface area contributed by atoms with Crippen LogP contribution in [0, 0.1) is 0 Å². The molecular formula is C31H39F3N4O3S. The van der Waals surface area contributed by atoms with Crippen LogP contribution in [-0.2, 0) is 27.4 Å². The molecule has 2 atom stereocenters. The predicted molar refractivity (Wildman–Crippen MR) is 156 cm³/mol. The Morgan fingerprint density at radius 1 is 1.05 bits per heavy atom. The fourth-order valence-corrected chi connectivity index (χ4v) is 8.00. The normalized spacial score (nSPS) is 22.4. The van der Waals surface area contributed by atoms with Crippen molar-refractivity contribution in [3.8, 4) is 0 Å². The van der Waals surface area contributed by atoms with Crippen molar-refractivity contribution in [3.63, 3.8) is 0 Å². The summed E-state index contributed by atoms with van der Waals surface area (Å²) in [6.45, 7) is 8.04. The van der Waals surface area contributed by atoms with Crippen molar-refractivity contribution in [2.45, 2.75) is 68.1 Å². The van der Waals surface area contributed by atoms with Crippen LogP contribution in [0.3, 0.4) is 0 Å². The fraction of sp³-hybridized carbons (Fsp3) is 0.516. The van der Waals surface area contributed by atoms with Crippen molar-refractivity contribution in [2.75, 3.05) is 39.3 Å². The highest BCUT2D eigenvalue weighted by atomic mass is 32.2. The summed E-state index contributed by atoms with van der Waals surface area (Å²) in [6.07, 6.45) is 1.60. The molecule has 2 heterocycles. The van der Waals surface area contributed by atoms with E-state index in [-0.39, 0.29) is 31.5 Å². The van der Waals surface area contributed by atoms with E-state index in [9.17, 15) is 26.4 Å². The number of nitrogens with zero attached hydrogens (tertiary/aromatic N) is 2. The number of rotatable bonds is 8. The van der Waals surface area contributed by atoms with E-state index in [0.29, 0.717) is 12.6 Å². The lowest BCUT2D eigenvalue weighted by molar-refractivity contribution is -0.137. The molecule has 0 bridgehead atoms. The number of hydrogen-bond donors (Lipinski definition) is 2. The third-order valence-electron chi connectivity index (χ3n) is 8.55. The molecule has 1 amide bonds. The summed E-state index contributed by atoms with van der Waals surface area (Å²) in [5.74, 6) is -0.288. The topological polar surface area (TPSA) is 81.8 Å². The largest absolute Gasteiger partial charge is 0.416 e. The van der Waals surface area contributed by atoms with Gasteiger partial charge in [-0.15, -0.1) is 0 Å². The predicted octanol–water partition coefficient (Wildman–Crippen LogP) is 4.75. The summed E-state index contributed by atoms with van der Waals surface area (Å²) >= 11 is 0. The van der Waals surface area contributed by atoms with Crippen molar-refractivity contribution in [1.29, 1.82) is 0 Å². The van der Waals surface area contributed by atoms with Gasteiger partial charge in [0.2, 0.25) is 15.9 Å². The first-order chi connectivity index (χ1) is 20.0. The first kappa shape index (κ1) is 30.7. The van der Waals surface area contributed by atoms with E-state index in [0.717, 1.165) is 78.1 Å². The minimum Gasteiger partial charge on any atom is -0.349 e. The Kier molecular flexibility index (Phi) is 9.41. The lowest BCUT2D eigenvalue weighted by Gasteiger charge is -2.35. The second-order valence-electron chi connectivity index (χ2n) is 11.6. The molecule has 3 aliphatic rings. The van der Waals surface area contributed by atoms with Gasteiger partial charge in [-0.05, 0) is 85.7 Å². The van der Waals surface area contributed by atoms with Crippen LogP contribution in [0.4, 0.5) is 13.2 Å². The third-order valence-corrected chi connectivity index (χ3v) is 10.5. The smallest absolute Gasteiger partial charge is 0.349 e. The van der Waals surface area contributed by atoms with E-state index in [1.54, 1.807) is 0 Å². The molecule has 5 rings (SSSR count). The Morgan fingerprint density at radius 2 is 1.83 bits per heavy atom. The average Bonchev–Trinajstić information content (AvgIpc) is 2.97. The minimum absolute atomic E-state index is 0.0624. The molecule has 2 saturated heterocycles. The Labute approximate surface area is 246 Å². The zero-order chi connectivity index (χ0) is 29.9. The van der Waals surface area contributed by atoms with Gasteiger partial charge in [0.15, 0.2) is 0 Å². The Morgan fingerprint density at radius 3 is 2.60 bits per heavy atom. The molecule has 2 aromatic rings. The number of alkyl halides is 3. The van der Waals surface area contributed by atoms with E-state index in [1.165, 1.54) is 24.8 Å². The Hall–Kier alpha value is -2.73. The molecule has 0 saturated carbocycles. The number of hydrogen-bond acceptors (Lipinski definition) is 5. The standard InChI is InChI=1S/C31H39F3N4O3S/c1-22(21-37-14-3-2-4-15-37)23-11-12-28-24(17-23)7-5-10-29(28)36-30(39)19-26-20-35-13-16-38(26)42(40,41)27-9-6-8-25(18-27)31(32,33)34/h6,8-9,11-12,17-18,26,29,35H,1-5,7,10,13-16,19-21H2,(H,36,39)/t26?,29-/m1/s1. The molecule has 42 heavy (non-hydrogen) atoms. The lowest BCUT2D eigenvalue weighted by Crippen LogP contribution is -2.55. The average molecular weight is 605 g/mol. The summed E-state index contributed by atoms with van der Waals surface area (Å²) in [4.78, 5) is 15.3. The maximum absolute atomic E-state index is 13.4. The number of piperazine rings is 1. The molecular weight excluding hydrogens is 565 g/mol. The van der Waals surface area contributed by atoms with Gasteiger partial charge in [0, 0.05) is 38.6 Å². The number of aryl methyl sites for hydroxylation is 1. The van der Waals surface area contributed by atoms with Gasteiger partial charge in [-0.1, -0.05) is 37.3 Å². The van der Waals surface area contributed by atoms with Gasteiger partial charge < -0.3 is 10.6 Å². The number of benzene rings is 2. The number of fused-ring (bicyclic) bond motifs is 1. The Balaban J connectivity index is 1.25. The molecule has 1 aliphatic carbocycles. The molecule has 0 spiro atoms. The third kappa shape index (κ3) is 7.07. The molecule has 0 aromatic heterocycles. The number of piperidine rings is 1. The minimum atomic E-state index is -4.66. The monoisotopic (exact) mass is 604 g/mol. The fourth-order valence-electron chi connectivity index (χ4n) is 6.33. The summed E-state index contributed by atoms with van der Waals surface area (Å²) < 4.78 is 67.8. The quantitative estimate of drug-likeness (QED) is 0.455. The van der Waals surface area contributed by atoms with Crippen molar-refractivity contribution in [3.05, 3.63) is 71.3 Å². The summed E-state index contributed by atoms with van der Waals surface area (Å²) in [7, 11) is -4.24. The van der Waals surface area contributed by atoms with Crippen LogP contribution in [0.15, 0.2) is 53.9 Å². The van der Waals surface area contributed by atoms with Crippen LogP contribution in [0.1, 0.15) is 66.8 Å². The van der Waals surface area contributed by atoms with E-state index in [1.807, 2.05) is 0 Å². The second kappa shape index (κ2) is 12.9. The lowest BCUT2D eigenvalue weighted by atomic mass is 9.85. The zero-order valence-electron chi connectivity index (χ0n) is 23.8. The molecule has 1 unspecified atom stereocenters. The number of sulfonamides is 1. The Bertz CT molecular complexity index is 1410. The highest BCUT2D eigenvalue weighted by molar-refractivity contribution is 7.89. The summed E-state index contributed by atoms with van der Waals surface area (Å²) in [5, 5.41) is 6.23. The molecule has 2 aliphatic heterocycles. The molecule has 2 fully saturated rings. The summed E-state index contributed by atoms with van der Waals surface area (Å²) in [5.41, 5.74) is 3.45. The molecule has 7 nitrogen and oxygen atoms in total. The number of likely N-dealkylation sites (tertiary alicyclic amines) is 1. The molecule has 2 N–H and O–H groups in total. The van der Waals surface area contributed by atoms with Gasteiger partial charge in [-0.2, -0.15) is 17.5 Å². The van der Waals surface area contributed by atoms with E-state index < -0.39 is 32.7 Å². The zero-order valence-corrected chi connectivity index (χ0v) is 24.6. The maximum atomic E-state index is 13.4. The van der Waals surface area contributed by atoms with Gasteiger partial charge in [-0.25, -0.2) is 8.42 Å². The van der Waals surface area contributed by atoms with Crippen LogP contribution in [-0.4, -0.2) is 68.8 Å². The molecule has 228 valence electrons. The number of halogens is 3. The van der Waals surface area contributed by atoms with Gasteiger partial charge >= 0.3 is 6.18 Å². The number of amides is 1. The van der Waals surface area contributed by atoms with Crippen molar-refractivity contribution >= 4 is 21.5 Å². The number of nitrogens with one attached hydrogen (secondary N) is 2. The first-order valence-electron chi connectivity index (χ1n) is 14.7. The number of carbonyl (C=O) groups excluding carboxylic acids is 1. The van der Waals surface area contributed by atoms with Crippen LogP contribution >= 0.6 is 0 Å². The van der Waals surface area contributed by atoms with Crippen molar-refractivity contribution in [1.82, 2.24) is 19.8 Å². The van der Waals surface area contributed by atoms with Gasteiger partial charge in [0.25, 0.3) is 0 Å². The van der Waals surface area contributed by atoms with Crippen LogP contribution in [0.2, 0.25) is 0 Å². The summed E-state index contributed by atoms with van der Waals surface area (Å²) in [6, 6.07) is 9.19. The van der Waals surface area contributed by atoms with Crippen molar-refractivity contribution < 1.29 is 26.4 Å².